The third-order valence-electron chi connectivity index (χ3n) is 3.64. The number of carboxylic acids is 1. The van der Waals surface area contributed by atoms with E-state index in [4.69, 9.17) is 5.11 Å². The summed E-state index contributed by atoms with van der Waals surface area (Å²) in [6.45, 7) is 6.77. The molecule has 0 aliphatic heterocycles. The number of hydrogen-bond acceptors (Lipinski definition) is 2. The van der Waals surface area contributed by atoms with Crippen LogP contribution in [0.3, 0.4) is 0 Å². The molecule has 4 heteroatoms. The van der Waals surface area contributed by atoms with Crippen LogP contribution in [0, 0.1) is 11.3 Å². The van der Waals surface area contributed by atoms with E-state index >= 15 is 0 Å². The molecule has 1 atom stereocenters. The van der Waals surface area contributed by atoms with E-state index in [0.717, 1.165) is 25.0 Å². The summed E-state index contributed by atoms with van der Waals surface area (Å²) in [4.78, 5) is 10.6. The van der Waals surface area contributed by atoms with Gasteiger partial charge in [-0.05, 0) is 36.2 Å². The van der Waals surface area contributed by atoms with Gasteiger partial charge >= 0.3 is 5.97 Å². The number of aryl methyl sites for hydroxylation is 1. The van der Waals surface area contributed by atoms with Crippen molar-refractivity contribution in [3.8, 4) is 0 Å². The van der Waals surface area contributed by atoms with E-state index in [1.54, 1.807) is 4.68 Å². The normalized spacial score (nSPS) is 20.1. The third-order valence-corrected chi connectivity index (χ3v) is 3.64. The molecule has 1 aliphatic rings. The number of nitrogens with zero attached hydrogens (tertiary/aromatic N) is 2. The average Bonchev–Trinajstić information content (AvgIpc) is 2.55. The molecular formula is C13H20N2O2. The zero-order valence-corrected chi connectivity index (χ0v) is 10.7. The number of aromatic nitrogens is 2. The predicted molar refractivity (Wildman–Crippen MR) is 64.8 cm³/mol. The van der Waals surface area contributed by atoms with Crippen molar-refractivity contribution >= 4 is 5.97 Å². The maximum atomic E-state index is 10.6. The van der Waals surface area contributed by atoms with E-state index in [1.807, 2.05) is 6.20 Å². The molecule has 17 heavy (non-hydrogen) atoms. The lowest BCUT2D eigenvalue weighted by Gasteiger charge is -2.33. The highest BCUT2D eigenvalue weighted by molar-refractivity contribution is 5.66. The van der Waals surface area contributed by atoms with Gasteiger partial charge in [0.1, 0.15) is 6.54 Å². The van der Waals surface area contributed by atoms with Crippen molar-refractivity contribution in [2.75, 3.05) is 0 Å². The van der Waals surface area contributed by atoms with E-state index in [9.17, 15) is 4.79 Å². The smallest absolute Gasteiger partial charge is 0.325 e. The Balaban J connectivity index is 2.15. The lowest BCUT2D eigenvalue weighted by atomic mass is 9.72. The third kappa shape index (κ3) is 2.68. The maximum absolute atomic E-state index is 10.6. The topological polar surface area (TPSA) is 55.1 Å². The number of rotatable bonds is 2. The fourth-order valence-electron chi connectivity index (χ4n) is 2.52. The summed E-state index contributed by atoms with van der Waals surface area (Å²) in [6.07, 6.45) is 5.06. The second-order valence-electron chi connectivity index (χ2n) is 6.00. The van der Waals surface area contributed by atoms with E-state index < -0.39 is 5.97 Å². The number of hydrogen-bond donors (Lipinski definition) is 1. The molecule has 2 rings (SSSR count). The number of carboxylic acid groups (broad SMARTS) is 1. The largest absolute Gasteiger partial charge is 0.480 e. The Labute approximate surface area is 102 Å². The number of aliphatic carboxylic acids is 1. The minimum atomic E-state index is -0.836. The zero-order valence-electron chi connectivity index (χ0n) is 10.7. The van der Waals surface area contributed by atoms with Gasteiger partial charge in [-0.15, -0.1) is 0 Å². The Kier molecular flexibility index (Phi) is 2.98. The van der Waals surface area contributed by atoms with Crippen LogP contribution in [0.1, 0.15) is 38.4 Å². The molecular weight excluding hydrogens is 216 g/mol. The van der Waals surface area contributed by atoms with Gasteiger partial charge in [0.25, 0.3) is 0 Å². The first kappa shape index (κ1) is 12.1. The predicted octanol–water partition coefficient (Wildman–Crippen LogP) is 2.12. The number of fused-ring (bicyclic) bond motifs is 1. The second-order valence-corrected chi connectivity index (χ2v) is 6.00. The number of carbonyl (C=O) groups is 1. The van der Waals surface area contributed by atoms with Crippen molar-refractivity contribution in [2.45, 2.75) is 46.6 Å². The van der Waals surface area contributed by atoms with Crippen LogP contribution in [-0.2, 0) is 24.2 Å². The molecule has 4 nitrogen and oxygen atoms in total. The minimum Gasteiger partial charge on any atom is -0.480 e. The fraction of sp³-hybridized carbons (Fsp3) is 0.692. The molecule has 1 aromatic heterocycles. The van der Waals surface area contributed by atoms with Crippen LogP contribution < -0.4 is 0 Å². The Hall–Kier alpha value is -1.32. The van der Waals surface area contributed by atoms with Gasteiger partial charge in [-0.25, -0.2) is 0 Å². The first-order chi connectivity index (χ1) is 7.86. The molecule has 0 spiro atoms. The molecule has 0 saturated heterocycles. The van der Waals surface area contributed by atoms with Gasteiger partial charge in [-0.3, -0.25) is 9.48 Å². The standard InChI is InChI=1S/C13H20N2O2/c1-13(2,3)10-4-5-11-9(6-10)7-15(14-11)8-12(16)17/h7,10H,4-6,8H2,1-3H3,(H,16,17). The molecule has 0 radical (unpaired) electrons. The van der Waals surface area contributed by atoms with Gasteiger partial charge in [0.05, 0.1) is 5.69 Å². The molecule has 0 bridgehead atoms. The lowest BCUT2D eigenvalue weighted by molar-refractivity contribution is -0.137. The summed E-state index contributed by atoms with van der Waals surface area (Å²) in [5, 5.41) is 13.1. The Morgan fingerprint density at radius 3 is 2.88 bits per heavy atom. The summed E-state index contributed by atoms with van der Waals surface area (Å²) in [6, 6.07) is 0. The van der Waals surface area contributed by atoms with Gasteiger partial charge in [0.2, 0.25) is 0 Å². The van der Waals surface area contributed by atoms with Crippen molar-refractivity contribution in [2.24, 2.45) is 11.3 Å². The molecule has 0 amide bonds. The van der Waals surface area contributed by atoms with Crippen molar-refractivity contribution in [3.63, 3.8) is 0 Å². The quantitative estimate of drug-likeness (QED) is 0.855. The van der Waals surface area contributed by atoms with Crippen LogP contribution in [0.15, 0.2) is 6.20 Å². The van der Waals surface area contributed by atoms with E-state index in [-0.39, 0.29) is 6.54 Å². The lowest BCUT2D eigenvalue weighted by Crippen LogP contribution is -2.26. The second kappa shape index (κ2) is 4.17. The van der Waals surface area contributed by atoms with Crippen LogP contribution in [-0.4, -0.2) is 20.9 Å². The Morgan fingerprint density at radius 1 is 1.59 bits per heavy atom. The molecule has 1 aromatic rings. The summed E-state index contributed by atoms with van der Waals surface area (Å²) >= 11 is 0. The maximum Gasteiger partial charge on any atom is 0.325 e. The van der Waals surface area contributed by atoms with Crippen LogP contribution in [0.25, 0.3) is 0 Å². The zero-order chi connectivity index (χ0) is 12.6. The summed E-state index contributed by atoms with van der Waals surface area (Å²) in [5.41, 5.74) is 2.64. The molecule has 0 aromatic carbocycles. The Bertz CT molecular complexity index is 429. The van der Waals surface area contributed by atoms with Gasteiger partial charge in [0, 0.05) is 6.20 Å². The molecule has 94 valence electrons. The summed E-state index contributed by atoms with van der Waals surface area (Å²) in [7, 11) is 0. The van der Waals surface area contributed by atoms with Gasteiger partial charge in [-0.1, -0.05) is 20.8 Å². The van der Waals surface area contributed by atoms with Crippen molar-refractivity contribution in [1.82, 2.24) is 9.78 Å². The summed E-state index contributed by atoms with van der Waals surface area (Å²) in [5.74, 6) is -0.172. The Morgan fingerprint density at radius 2 is 2.29 bits per heavy atom. The van der Waals surface area contributed by atoms with Crippen molar-refractivity contribution < 1.29 is 9.90 Å². The molecule has 1 N–H and O–H groups in total. The van der Waals surface area contributed by atoms with Crippen molar-refractivity contribution in [1.29, 1.82) is 0 Å². The van der Waals surface area contributed by atoms with E-state index in [0.29, 0.717) is 11.3 Å². The molecule has 1 heterocycles. The van der Waals surface area contributed by atoms with Gasteiger partial charge < -0.3 is 5.11 Å². The molecule has 1 aliphatic carbocycles. The van der Waals surface area contributed by atoms with Gasteiger partial charge in [-0.2, -0.15) is 5.10 Å². The molecule has 1 unspecified atom stereocenters. The van der Waals surface area contributed by atoms with E-state index in [1.165, 1.54) is 5.56 Å². The first-order valence-electron chi connectivity index (χ1n) is 6.13. The van der Waals surface area contributed by atoms with Crippen LogP contribution >= 0.6 is 0 Å². The fourth-order valence-corrected chi connectivity index (χ4v) is 2.52. The molecule has 0 saturated carbocycles. The average molecular weight is 236 g/mol. The van der Waals surface area contributed by atoms with Crippen LogP contribution in [0.4, 0.5) is 0 Å². The van der Waals surface area contributed by atoms with Gasteiger partial charge in [0.15, 0.2) is 0 Å². The highest BCUT2D eigenvalue weighted by Crippen LogP contribution is 2.36. The highest BCUT2D eigenvalue weighted by atomic mass is 16.4. The SMILES string of the molecule is CC(C)(C)C1CCc2nn(CC(=O)O)cc2C1. The first-order valence-corrected chi connectivity index (χ1v) is 6.13. The minimum absolute atomic E-state index is 0.0345. The highest BCUT2D eigenvalue weighted by Gasteiger charge is 2.30. The molecule has 0 fully saturated rings. The van der Waals surface area contributed by atoms with Crippen LogP contribution in [0.2, 0.25) is 0 Å². The van der Waals surface area contributed by atoms with E-state index in [2.05, 4.69) is 25.9 Å². The monoisotopic (exact) mass is 236 g/mol. The van der Waals surface area contributed by atoms with Crippen molar-refractivity contribution in [3.05, 3.63) is 17.5 Å². The summed E-state index contributed by atoms with van der Waals surface area (Å²) < 4.78 is 1.55. The van der Waals surface area contributed by atoms with Crippen LogP contribution in [0.5, 0.6) is 0 Å².